The minimum atomic E-state index is -0.416. The van der Waals surface area contributed by atoms with E-state index in [-0.39, 0.29) is 18.1 Å². The molecule has 1 aromatic carbocycles. The fraction of sp³-hybridized carbons (Fsp3) is 0.125. The molecule has 22 heavy (non-hydrogen) atoms. The van der Waals surface area contributed by atoms with Crippen molar-refractivity contribution in [2.45, 2.75) is 6.54 Å². The molecule has 0 radical (unpaired) electrons. The standard InChI is InChI=1S/C16H14ClN3O2/c1-19-8-2-3-13(19)9-14-15(21)20(16(22)18-14)10-11-4-6-12(17)7-5-11/h2-9H,10H2,1H3,(H,18,22)/b14-9-. The number of nitrogens with one attached hydrogen (secondary N) is 1. The monoisotopic (exact) mass is 315 g/mol. The van der Waals surface area contributed by atoms with E-state index in [2.05, 4.69) is 5.32 Å². The molecule has 6 heteroatoms. The fourth-order valence-corrected chi connectivity index (χ4v) is 2.39. The van der Waals surface area contributed by atoms with Gasteiger partial charge in [0.05, 0.1) is 6.54 Å². The van der Waals surface area contributed by atoms with Gasteiger partial charge in [0, 0.05) is 24.0 Å². The van der Waals surface area contributed by atoms with E-state index in [1.165, 1.54) is 4.90 Å². The molecule has 0 saturated carbocycles. The first-order valence-electron chi connectivity index (χ1n) is 6.75. The van der Waals surface area contributed by atoms with Gasteiger partial charge in [-0.3, -0.25) is 9.69 Å². The molecule has 0 atom stereocenters. The van der Waals surface area contributed by atoms with Gasteiger partial charge in [0.2, 0.25) is 0 Å². The molecule has 1 saturated heterocycles. The van der Waals surface area contributed by atoms with Gasteiger partial charge >= 0.3 is 6.03 Å². The first-order chi connectivity index (χ1) is 10.5. The third-order valence-corrected chi connectivity index (χ3v) is 3.74. The van der Waals surface area contributed by atoms with Gasteiger partial charge in [-0.2, -0.15) is 0 Å². The summed E-state index contributed by atoms with van der Waals surface area (Å²) < 4.78 is 1.87. The quantitative estimate of drug-likeness (QED) is 0.699. The third kappa shape index (κ3) is 2.76. The van der Waals surface area contributed by atoms with Gasteiger partial charge in [0.15, 0.2) is 0 Å². The molecule has 0 aliphatic carbocycles. The maximum Gasteiger partial charge on any atom is 0.329 e. The van der Waals surface area contributed by atoms with Crippen molar-refractivity contribution in [2.75, 3.05) is 0 Å². The highest BCUT2D eigenvalue weighted by Crippen LogP contribution is 2.18. The molecule has 1 N–H and O–H groups in total. The lowest BCUT2D eigenvalue weighted by molar-refractivity contribution is -0.123. The van der Waals surface area contributed by atoms with Crippen molar-refractivity contribution in [1.82, 2.24) is 14.8 Å². The van der Waals surface area contributed by atoms with Crippen molar-refractivity contribution < 1.29 is 9.59 Å². The van der Waals surface area contributed by atoms with Crippen LogP contribution < -0.4 is 5.32 Å². The molecule has 2 heterocycles. The molecule has 1 aliphatic heterocycles. The van der Waals surface area contributed by atoms with Crippen LogP contribution in [0.3, 0.4) is 0 Å². The zero-order chi connectivity index (χ0) is 15.7. The summed E-state index contributed by atoms with van der Waals surface area (Å²) >= 11 is 5.83. The van der Waals surface area contributed by atoms with Crippen LogP contribution in [0.1, 0.15) is 11.3 Å². The number of halogens is 1. The number of hydrogen-bond acceptors (Lipinski definition) is 2. The van der Waals surface area contributed by atoms with E-state index in [1.54, 1.807) is 30.3 Å². The zero-order valence-corrected chi connectivity index (χ0v) is 12.7. The smallest absolute Gasteiger partial charge is 0.329 e. The van der Waals surface area contributed by atoms with Crippen LogP contribution in [0.15, 0.2) is 48.3 Å². The Hall–Kier alpha value is -2.53. The minimum absolute atomic E-state index is 0.215. The van der Waals surface area contributed by atoms with E-state index in [0.717, 1.165) is 11.3 Å². The van der Waals surface area contributed by atoms with Gasteiger partial charge < -0.3 is 9.88 Å². The zero-order valence-electron chi connectivity index (χ0n) is 11.9. The topological polar surface area (TPSA) is 54.3 Å². The van der Waals surface area contributed by atoms with Crippen LogP contribution in [0.4, 0.5) is 4.79 Å². The Labute approximate surface area is 132 Å². The molecule has 0 bridgehead atoms. The normalized spacial score (nSPS) is 16.5. The number of nitrogens with zero attached hydrogens (tertiary/aromatic N) is 2. The Morgan fingerprint density at radius 2 is 1.91 bits per heavy atom. The van der Waals surface area contributed by atoms with Crippen molar-refractivity contribution in [3.05, 3.63) is 64.6 Å². The largest absolute Gasteiger partial charge is 0.351 e. The van der Waals surface area contributed by atoms with E-state index in [4.69, 9.17) is 11.6 Å². The van der Waals surface area contributed by atoms with Gasteiger partial charge in [-0.05, 0) is 35.9 Å². The summed E-state index contributed by atoms with van der Waals surface area (Å²) in [5, 5.41) is 3.23. The van der Waals surface area contributed by atoms with Crippen LogP contribution in [0.2, 0.25) is 5.02 Å². The summed E-state index contributed by atoms with van der Waals surface area (Å²) in [6.07, 6.45) is 3.54. The van der Waals surface area contributed by atoms with E-state index in [9.17, 15) is 9.59 Å². The molecule has 3 amide bonds. The lowest BCUT2D eigenvalue weighted by Gasteiger charge is -2.11. The van der Waals surface area contributed by atoms with Gasteiger partial charge in [-0.1, -0.05) is 23.7 Å². The Morgan fingerprint density at radius 1 is 1.18 bits per heavy atom. The molecular formula is C16H14ClN3O2. The van der Waals surface area contributed by atoms with Crippen LogP contribution in [0.25, 0.3) is 6.08 Å². The van der Waals surface area contributed by atoms with Crippen LogP contribution in [-0.2, 0) is 18.4 Å². The first-order valence-corrected chi connectivity index (χ1v) is 7.13. The van der Waals surface area contributed by atoms with Gasteiger partial charge in [0.25, 0.3) is 5.91 Å². The number of amides is 3. The molecule has 1 aromatic heterocycles. The second-order valence-electron chi connectivity index (χ2n) is 5.05. The predicted octanol–water partition coefficient (Wildman–Crippen LogP) is 2.77. The number of rotatable bonds is 3. The number of aromatic nitrogens is 1. The summed E-state index contributed by atoms with van der Waals surface area (Å²) in [7, 11) is 1.87. The highest BCUT2D eigenvalue weighted by Gasteiger charge is 2.33. The summed E-state index contributed by atoms with van der Waals surface area (Å²) in [6, 6.07) is 10.4. The van der Waals surface area contributed by atoms with E-state index < -0.39 is 6.03 Å². The highest BCUT2D eigenvalue weighted by molar-refractivity contribution is 6.30. The lowest BCUT2D eigenvalue weighted by Crippen LogP contribution is -2.30. The van der Waals surface area contributed by atoms with E-state index in [0.29, 0.717) is 5.02 Å². The Morgan fingerprint density at radius 3 is 2.55 bits per heavy atom. The second-order valence-corrected chi connectivity index (χ2v) is 5.49. The van der Waals surface area contributed by atoms with Crippen LogP contribution >= 0.6 is 11.6 Å². The van der Waals surface area contributed by atoms with Crippen molar-refractivity contribution in [1.29, 1.82) is 0 Å². The number of carbonyl (C=O) groups excluding carboxylic acids is 2. The second kappa shape index (κ2) is 5.69. The molecule has 5 nitrogen and oxygen atoms in total. The number of hydrogen-bond donors (Lipinski definition) is 1. The van der Waals surface area contributed by atoms with Crippen molar-refractivity contribution in [2.24, 2.45) is 7.05 Å². The minimum Gasteiger partial charge on any atom is -0.351 e. The molecule has 2 aromatic rings. The molecule has 0 unspecified atom stereocenters. The maximum atomic E-state index is 12.4. The molecular weight excluding hydrogens is 302 g/mol. The predicted molar refractivity (Wildman–Crippen MR) is 83.9 cm³/mol. The lowest BCUT2D eigenvalue weighted by atomic mass is 10.2. The Kier molecular flexibility index (Phi) is 3.73. The average molecular weight is 316 g/mol. The van der Waals surface area contributed by atoms with Crippen molar-refractivity contribution >= 4 is 29.6 Å². The van der Waals surface area contributed by atoms with E-state index >= 15 is 0 Å². The highest BCUT2D eigenvalue weighted by atomic mass is 35.5. The Balaban J connectivity index is 1.81. The number of imide groups is 1. The fourth-order valence-electron chi connectivity index (χ4n) is 2.26. The summed E-state index contributed by atoms with van der Waals surface area (Å²) in [5.41, 5.74) is 1.96. The number of benzene rings is 1. The molecule has 112 valence electrons. The first kappa shape index (κ1) is 14.4. The summed E-state index contributed by atoms with van der Waals surface area (Å²) in [4.78, 5) is 25.5. The van der Waals surface area contributed by atoms with Crippen molar-refractivity contribution in [3.63, 3.8) is 0 Å². The molecule has 0 spiro atoms. The van der Waals surface area contributed by atoms with Crippen LogP contribution in [0, 0.1) is 0 Å². The van der Waals surface area contributed by atoms with Gasteiger partial charge in [0.1, 0.15) is 5.70 Å². The number of carbonyl (C=O) groups is 2. The van der Waals surface area contributed by atoms with Crippen molar-refractivity contribution in [3.8, 4) is 0 Å². The molecule has 1 fully saturated rings. The van der Waals surface area contributed by atoms with Crippen LogP contribution in [-0.4, -0.2) is 21.4 Å². The molecule has 1 aliphatic rings. The van der Waals surface area contributed by atoms with Gasteiger partial charge in [-0.15, -0.1) is 0 Å². The van der Waals surface area contributed by atoms with Crippen LogP contribution in [0.5, 0.6) is 0 Å². The Bertz CT molecular complexity index is 762. The molecule has 3 rings (SSSR count). The van der Waals surface area contributed by atoms with E-state index in [1.807, 2.05) is 29.9 Å². The maximum absolute atomic E-state index is 12.4. The summed E-state index contributed by atoms with van der Waals surface area (Å²) in [5.74, 6) is -0.332. The summed E-state index contributed by atoms with van der Waals surface area (Å²) in [6.45, 7) is 0.215. The average Bonchev–Trinajstić information content (AvgIpc) is 3.00. The van der Waals surface area contributed by atoms with Gasteiger partial charge in [-0.25, -0.2) is 4.79 Å². The third-order valence-electron chi connectivity index (χ3n) is 3.49. The number of urea groups is 1. The SMILES string of the molecule is Cn1cccc1/C=C1\NC(=O)N(Cc2ccc(Cl)cc2)C1=O. The number of aryl methyl sites for hydroxylation is 1.